The molecule has 0 aromatic heterocycles. The van der Waals surface area contributed by atoms with Crippen molar-refractivity contribution in [2.24, 2.45) is 5.92 Å². The number of rotatable bonds is 3. The van der Waals surface area contributed by atoms with E-state index in [9.17, 15) is 0 Å². The van der Waals surface area contributed by atoms with Crippen molar-refractivity contribution in [3.63, 3.8) is 0 Å². The van der Waals surface area contributed by atoms with Gasteiger partial charge in [0, 0.05) is 11.6 Å². The second-order valence-electron chi connectivity index (χ2n) is 4.93. The lowest BCUT2D eigenvalue weighted by molar-refractivity contribution is 0.407. The molecule has 0 amide bonds. The first-order valence-electron chi connectivity index (χ1n) is 6.45. The van der Waals surface area contributed by atoms with E-state index in [2.05, 4.69) is 6.58 Å². The second kappa shape index (κ2) is 5.66. The average molecular weight is 266 g/mol. The van der Waals surface area contributed by atoms with Gasteiger partial charge in [0.15, 0.2) is 0 Å². The highest BCUT2D eigenvalue weighted by Gasteiger charge is 2.20. The fourth-order valence-corrected chi connectivity index (χ4v) is 2.82. The number of ether oxygens (including phenoxy) is 1. The zero-order valence-electron chi connectivity index (χ0n) is 10.8. The maximum Gasteiger partial charge on any atom is 0.128 e. The van der Waals surface area contributed by atoms with Gasteiger partial charge in [-0.25, -0.2) is 0 Å². The van der Waals surface area contributed by atoms with Crippen LogP contribution in [0.1, 0.15) is 37.7 Å². The molecule has 1 aliphatic carbocycles. The first-order chi connectivity index (χ1) is 8.63. The highest BCUT2D eigenvalue weighted by atomic mass is 35.5. The van der Waals surface area contributed by atoms with Crippen molar-refractivity contribution in [1.82, 2.24) is 0 Å². The van der Waals surface area contributed by atoms with Crippen LogP contribution in [0.3, 0.4) is 0 Å². The minimum Gasteiger partial charge on any atom is -0.496 e. The Morgan fingerprint density at radius 3 is 2.61 bits per heavy atom. The van der Waals surface area contributed by atoms with Crippen molar-refractivity contribution in [2.45, 2.75) is 32.1 Å². The lowest BCUT2D eigenvalue weighted by atomic mass is 9.81. The van der Waals surface area contributed by atoms with E-state index in [1.54, 1.807) is 13.2 Å². The molecule has 2 nitrogen and oxygen atoms in total. The quantitative estimate of drug-likeness (QED) is 0.816. The van der Waals surface area contributed by atoms with Crippen molar-refractivity contribution in [3.05, 3.63) is 29.3 Å². The third-order valence-electron chi connectivity index (χ3n) is 3.76. The topological polar surface area (TPSA) is 35.2 Å². The summed E-state index contributed by atoms with van der Waals surface area (Å²) in [7, 11) is 1.65. The molecule has 3 heteroatoms. The van der Waals surface area contributed by atoms with E-state index in [-0.39, 0.29) is 0 Å². The third-order valence-corrected chi connectivity index (χ3v) is 4.09. The maximum absolute atomic E-state index is 6.10. The molecule has 1 aromatic carbocycles. The van der Waals surface area contributed by atoms with Crippen LogP contribution in [-0.2, 0) is 0 Å². The van der Waals surface area contributed by atoms with Gasteiger partial charge in [-0.1, -0.05) is 37.4 Å². The Morgan fingerprint density at radius 2 is 2.00 bits per heavy atom. The lowest BCUT2D eigenvalue weighted by Gasteiger charge is -2.25. The number of methoxy groups -OCH3 is 1. The number of allylic oxidation sites excluding steroid dienone is 1. The van der Waals surface area contributed by atoms with Crippen molar-refractivity contribution in [2.75, 3.05) is 12.8 Å². The van der Waals surface area contributed by atoms with E-state index in [1.165, 1.54) is 32.1 Å². The van der Waals surface area contributed by atoms with Crippen LogP contribution in [0.15, 0.2) is 18.7 Å². The smallest absolute Gasteiger partial charge is 0.128 e. The van der Waals surface area contributed by atoms with Crippen molar-refractivity contribution in [3.8, 4) is 5.75 Å². The Bertz CT molecular complexity index is 450. The Hall–Kier alpha value is -1.15. The summed E-state index contributed by atoms with van der Waals surface area (Å²) < 4.78 is 5.39. The molecule has 2 N–H and O–H groups in total. The lowest BCUT2D eigenvalue weighted by Crippen LogP contribution is -2.09. The number of hydrogen-bond acceptors (Lipinski definition) is 2. The zero-order valence-corrected chi connectivity index (χ0v) is 11.6. The molecule has 1 aliphatic rings. The monoisotopic (exact) mass is 265 g/mol. The minimum atomic E-state index is 0.548. The van der Waals surface area contributed by atoms with Crippen molar-refractivity contribution in [1.29, 1.82) is 0 Å². The number of nitrogen functional groups attached to an aromatic ring is 1. The van der Waals surface area contributed by atoms with Crippen LogP contribution in [0.5, 0.6) is 5.75 Å². The third kappa shape index (κ3) is 2.64. The maximum atomic E-state index is 6.10. The van der Waals surface area contributed by atoms with E-state index in [4.69, 9.17) is 22.1 Å². The van der Waals surface area contributed by atoms with Crippen LogP contribution in [0.25, 0.3) is 5.57 Å². The van der Waals surface area contributed by atoms with Gasteiger partial charge in [-0.15, -0.1) is 0 Å². The van der Waals surface area contributed by atoms with Gasteiger partial charge >= 0.3 is 0 Å². The van der Waals surface area contributed by atoms with Crippen LogP contribution in [0, 0.1) is 5.92 Å². The molecular weight excluding hydrogens is 246 g/mol. The summed E-state index contributed by atoms with van der Waals surface area (Å²) >= 11 is 6.10. The van der Waals surface area contributed by atoms with Gasteiger partial charge in [0.2, 0.25) is 0 Å². The molecule has 0 atom stereocenters. The molecule has 1 aromatic rings. The molecule has 98 valence electrons. The van der Waals surface area contributed by atoms with Crippen molar-refractivity contribution >= 4 is 22.9 Å². The molecule has 0 heterocycles. The van der Waals surface area contributed by atoms with Crippen LogP contribution in [-0.4, -0.2) is 7.11 Å². The predicted molar refractivity (Wildman–Crippen MR) is 78.0 cm³/mol. The Labute approximate surface area is 114 Å². The molecule has 0 unspecified atom stereocenters. The number of nitrogens with two attached hydrogens (primary N) is 1. The Morgan fingerprint density at radius 1 is 1.33 bits per heavy atom. The molecule has 0 spiro atoms. The first-order valence-corrected chi connectivity index (χ1v) is 6.83. The SMILES string of the molecule is C=C(c1cc(Cl)c(N)cc1OC)C1CCCCC1. The summed E-state index contributed by atoms with van der Waals surface area (Å²) in [4.78, 5) is 0. The van der Waals surface area contributed by atoms with Crippen LogP contribution >= 0.6 is 11.6 Å². The normalized spacial score (nSPS) is 16.6. The van der Waals surface area contributed by atoms with E-state index in [0.717, 1.165) is 16.9 Å². The highest BCUT2D eigenvalue weighted by Crippen LogP contribution is 2.40. The minimum absolute atomic E-state index is 0.548. The number of hydrogen-bond donors (Lipinski definition) is 1. The summed E-state index contributed by atoms with van der Waals surface area (Å²) in [6, 6.07) is 3.67. The molecule has 0 saturated heterocycles. The molecular formula is C15H20ClNO. The summed E-state index contributed by atoms with van der Waals surface area (Å²) in [5.41, 5.74) is 8.49. The predicted octanol–water partition coefficient (Wildman–Crippen LogP) is 4.52. The van der Waals surface area contributed by atoms with E-state index in [0.29, 0.717) is 16.6 Å². The number of halogens is 1. The Kier molecular flexibility index (Phi) is 4.18. The van der Waals surface area contributed by atoms with Gasteiger partial charge in [-0.3, -0.25) is 0 Å². The van der Waals surface area contributed by atoms with Gasteiger partial charge in [0.05, 0.1) is 17.8 Å². The van der Waals surface area contributed by atoms with Crippen LogP contribution in [0.4, 0.5) is 5.69 Å². The average Bonchev–Trinajstić information content (AvgIpc) is 2.41. The summed E-state index contributed by atoms with van der Waals surface area (Å²) in [5, 5.41) is 0.572. The van der Waals surface area contributed by atoms with Gasteiger partial charge in [-0.05, 0) is 30.4 Å². The van der Waals surface area contributed by atoms with Gasteiger partial charge in [0.25, 0.3) is 0 Å². The van der Waals surface area contributed by atoms with Gasteiger partial charge < -0.3 is 10.5 Å². The van der Waals surface area contributed by atoms with E-state index in [1.807, 2.05) is 6.07 Å². The summed E-state index contributed by atoms with van der Waals surface area (Å²) in [5.74, 6) is 1.32. The highest BCUT2D eigenvalue weighted by molar-refractivity contribution is 6.33. The van der Waals surface area contributed by atoms with Crippen molar-refractivity contribution < 1.29 is 4.74 Å². The van der Waals surface area contributed by atoms with Gasteiger partial charge in [-0.2, -0.15) is 0 Å². The van der Waals surface area contributed by atoms with Crippen LogP contribution < -0.4 is 10.5 Å². The Balaban J connectivity index is 2.31. The van der Waals surface area contributed by atoms with E-state index < -0.39 is 0 Å². The summed E-state index contributed by atoms with van der Waals surface area (Å²) in [6.07, 6.45) is 6.33. The molecule has 1 saturated carbocycles. The molecule has 18 heavy (non-hydrogen) atoms. The van der Waals surface area contributed by atoms with Gasteiger partial charge in [0.1, 0.15) is 5.75 Å². The molecule has 0 bridgehead atoms. The number of anilines is 1. The molecule has 0 radical (unpaired) electrons. The molecule has 2 rings (SSSR count). The second-order valence-corrected chi connectivity index (χ2v) is 5.34. The number of benzene rings is 1. The molecule has 1 fully saturated rings. The first kappa shape index (κ1) is 13.3. The molecule has 0 aliphatic heterocycles. The fourth-order valence-electron chi connectivity index (χ4n) is 2.66. The summed E-state index contributed by atoms with van der Waals surface area (Å²) in [6.45, 7) is 4.25. The van der Waals surface area contributed by atoms with E-state index >= 15 is 0 Å². The zero-order chi connectivity index (χ0) is 13.1. The fraction of sp³-hybridized carbons (Fsp3) is 0.467. The standard InChI is InChI=1S/C15H20ClNO/c1-10(11-6-4-3-5-7-11)12-8-13(16)14(17)9-15(12)18-2/h8-9,11H,1,3-7,17H2,2H3. The largest absolute Gasteiger partial charge is 0.496 e. The van der Waals surface area contributed by atoms with Crippen LogP contribution in [0.2, 0.25) is 5.02 Å².